The van der Waals surface area contributed by atoms with E-state index in [9.17, 15) is 4.79 Å². The molecule has 4 heteroatoms. The van der Waals surface area contributed by atoms with E-state index >= 15 is 0 Å². The fraction of sp³-hybridized carbons (Fsp3) is 0.300. The minimum atomic E-state index is -1.21. The normalized spacial score (nSPS) is 14.8. The van der Waals surface area contributed by atoms with E-state index in [1.165, 1.54) is 0 Å². The lowest BCUT2D eigenvalue weighted by Gasteiger charge is -2.14. The topological polar surface area (TPSA) is 83.6 Å². The monoisotopic (exact) mass is 195 g/mol. The molecule has 0 unspecified atom stereocenters. The van der Waals surface area contributed by atoms with E-state index in [1.54, 1.807) is 30.3 Å². The summed E-state index contributed by atoms with van der Waals surface area (Å²) in [5, 5.41) is 17.8. The molecule has 4 nitrogen and oxygen atoms in total. The van der Waals surface area contributed by atoms with Crippen molar-refractivity contribution < 1.29 is 15.0 Å². The van der Waals surface area contributed by atoms with Gasteiger partial charge in [0.1, 0.15) is 0 Å². The second-order valence-electron chi connectivity index (χ2n) is 3.01. The lowest BCUT2D eigenvalue weighted by molar-refractivity contribution is 0.0603. The smallest absolute Gasteiger partial charge is 0.182 e. The van der Waals surface area contributed by atoms with E-state index in [0.29, 0.717) is 5.56 Å². The van der Waals surface area contributed by atoms with Crippen molar-refractivity contribution in [3.63, 3.8) is 0 Å². The fourth-order valence-electron chi connectivity index (χ4n) is 1.08. The van der Waals surface area contributed by atoms with Gasteiger partial charge in [0.2, 0.25) is 0 Å². The maximum atomic E-state index is 11.5. The maximum absolute atomic E-state index is 11.5. The summed E-state index contributed by atoms with van der Waals surface area (Å²) in [7, 11) is 0. The van der Waals surface area contributed by atoms with E-state index in [4.69, 9.17) is 15.9 Å². The summed E-state index contributed by atoms with van der Waals surface area (Å²) in [6.07, 6.45) is -1.21. The molecular weight excluding hydrogens is 182 g/mol. The average molecular weight is 195 g/mol. The molecule has 0 aliphatic heterocycles. The molecule has 0 saturated carbocycles. The second-order valence-corrected chi connectivity index (χ2v) is 3.01. The number of ketones is 1. The predicted molar refractivity (Wildman–Crippen MR) is 51.8 cm³/mol. The SMILES string of the molecule is N[C@@H](C(=O)c1ccccc1)[C@@H](O)CO. The van der Waals surface area contributed by atoms with Crippen LogP contribution in [0.3, 0.4) is 0 Å². The van der Waals surface area contributed by atoms with Crippen LogP contribution in [0.15, 0.2) is 30.3 Å². The number of aliphatic hydroxyl groups excluding tert-OH is 2. The Bertz CT molecular complexity index is 299. The van der Waals surface area contributed by atoms with Gasteiger partial charge in [-0.05, 0) is 0 Å². The van der Waals surface area contributed by atoms with Gasteiger partial charge in [-0.25, -0.2) is 0 Å². The van der Waals surface area contributed by atoms with Gasteiger partial charge in [-0.3, -0.25) is 4.79 Å². The number of nitrogens with two attached hydrogens (primary N) is 1. The highest BCUT2D eigenvalue weighted by molar-refractivity contribution is 6.00. The van der Waals surface area contributed by atoms with E-state index in [2.05, 4.69) is 0 Å². The molecule has 0 spiro atoms. The van der Waals surface area contributed by atoms with Crippen LogP contribution in [0, 0.1) is 0 Å². The van der Waals surface area contributed by atoms with Crippen LogP contribution in [-0.2, 0) is 0 Å². The molecule has 0 aliphatic carbocycles. The van der Waals surface area contributed by atoms with Crippen molar-refractivity contribution in [2.75, 3.05) is 6.61 Å². The third-order valence-corrected chi connectivity index (χ3v) is 1.96. The van der Waals surface area contributed by atoms with Gasteiger partial charge in [0.25, 0.3) is 0 Å². The van der Waals surface area contributed by atoms with Gasteiger partial charge in [-0.15, -0.1) is 0 Å². The zero-order valence-corrected chi connectivity index (χ0v) is 7.63. The first-order valence-corrected chi connectivity index (χ1v) is 4.30. The van der Waals surface area contributed by atoms with E-state index < -0.39 is 18.8 Å². The number of carbonyl (C=O) groups excluding carboxylic acids is 1. The van der Waals surface area contributed by atoms with Crippen molar-refractivity contribution in [3.8, 4) is 0 Å². The first-order chi connectivity index (χ1) is 6.66. The summed E-state index contributed by atoms with van der Waals surface area (Å²) in [6, 6.07) is 7.38. The predicted octanol–water partition coefficient (Wildman–Crippen LogP) is -0.450. The van der Waals surface area contributed by atoms with Crippen molar-refractivity contribution in [1.29, 1.82) is 0 Å². The van der Waals surface area contributed by atoms with Gasteiger partial charge in [0.15, 0.2) is 5.78 Å². The minimum Gasteiger partial charge on any atom is -0.394 e. The standard InChI is InChI=1S/C10H13NO3/c11-9(8(13)6-12)10(14)7-4-2-1-3-5-7/h1-5,8-9,12-13H,6,11H2/t8-,9+/m0/s1. The Morgan fingerprint density at radius 2 is 1.93 bits per heavy atom. The molecule has 0 radical (unpaired) electrons. The number of aliphatic hydroxyl groups is 2. The molecule has 1 rings (SSSR count). The van der Waals surface area contributed by atoms with Crippen molar-refractivity contribution >= 4 is 5.78 Å². The molecule has 1 aromatic carbocycles. The van der Waals surface area contributed by atoms with Crippen LogP contribution in [0.5, 0.6) is 0 Å². The molecule has 76 valence electrons. The van der Waals surface area contributed by atoms with Gasteiger partial charge < -0.3 is 15.9 Å². The van der Waals surface area contributed by atoms with Crippen LogP contribution < -0.4 is 5.73 Å². The highest BCUT2D eigenvalue weighted by Crippen LogP contribution is 2.04. The number of benzene rings is 1. The van der Waals surface area contributed by atoms with Crippen molar-refractivity contribution in [1.82, 2.24) is 0 Å². The van der Waals surface area contributed by atoms with Crippen LogP contribution in [0.1, 0.15) is 10.4 Å². The Hall–Kier alpha value is -1.23. The summed E-state index contributed by atoms with van der Waals surface area (Å²) in [5.74, 6) is -0.368. The summed E-state index contributed by atoms with van der Waals surface area (Å²) >= 11 is 0. The average Bonchev–Trinajstić information content (AvgIpc) is 2.27. The first kappa shape index (κ1) is 10.8. The molecule has 0 heterocycles. The maximum Gasteiger partial charge on any atom is 0.182 e. The molecule has 0 bridgehead atoms. The number of hydrogen-bond acceptors (Lipinski definition) is 4. The van der Waals surface area contributed by atoms with Crippen LogP contribution in [0.4, 0.5) is 0 Å². The molecule has 1 aromatic rings. The van der Waals surface area contributed by atoms with Gasteiger partial charge in [0.05, 0.1) is 18.8 Å². The summed E-state index contributed by atoms with van der Waals surface area (Å²) < 4.78 is 0. The van der Waals surface area contributed by atoms with E-state index in [-0.39, 0.29) is 5.78 Å². The lowest BCUT2D eigenvalue weighted by Crippen LogP contribution is -2.43. The largest absolute Gasteiger partial charge is 0.394 e. The van der Waals surface area contributed by atoms with Crippen molar-refractivity contribution in [2.24, 2.45) is 5.73 Å². The molecule has 0 aromatic heterocycles. The van der Waals surface area contributed by atoms with E-state index in [1.807, 2.05) is 0 Å². The quantitative estimate of drug-likeness (QED) is 0.568. The van der Waals surface area contributed by atoms with Gasteiger partial charge in [0, 0.05) is 5.56 Å². The molecule has 0 fully saturated rings. The number of rotatable bonds is 4. The van der Waals surface area contributed by atoms with Gasteiger partial charge in [-0.1, -0.05) is 30.3 Å². The highest BCUT2D eigenvalue weighted by atomic mass is 16.3. The van der Waals surface area contributed by atoms with Crippen LogP contribution in [-0.4, -0.2) is 34.7 Å². The van der Waals surface area contributed by atoms with Crippen molar-refractivity contribution in [3.05, 3.63) is 35.9 Å². The Morgan fingerprint density at radius 3 is 2.43 bits per heavy atom. The Kier molecular flexibility index (Phi) is 3.76. The molecule has 2 atom stereocenters. The Balaban J connectivity index is 2.76. The Morgan fingerprint density at radius 1 is 1.36 bits per heavy atom. The lowest BCUT2D eigenvalue weighted by atomic mass is 10.0. The Labute approximate surface area is 82.0 Å². The van der Waals surface area contributed by atoms with Crippen LogP contribution >= 0.6 is 0 Å². The molecule has 0 aliphatic rings. The zero-order valence-electron chi connectivity index (χ0n) is 7.63. The first-order valence-electron chi connectivity index (χ1n) is 4.30. The van der Waals surface area contributed by atoms with E-state index in [0.717, 1.165) is 0 Å². The van der Waals surface area contributed by atoms with Crippen LogP contribution in [0.2, 0.25) is 0 Å². The minimum absolute atomic E-state index is 0.368. The van der Waals surface area contributed by atoms with Gasteiger partial charge in [-0.2, -0.15) is 0 Å². The van der Waals surface area contributed by atoms with Gasteiger partial charge >= 0.3 is 0 Å². The fourth-order valence-corrected chi connectivity index (χ4v) is 1.08. The third kappa shape index (κ3) is 2.38. The number of carbonyl (C=O) groups is 1. The molecular formula is C10H13NO3. The number of hydrogen-bond donors (Lipinski definition) is 3. The summed E-state index contributed by atoms with van der Waals surface area (Å²) in [4.78, 5) is 11.5. The van der Waals surface area contributed by atoms with Crippen molar-refractivity contribution in [2.45, 2.75) is 12.1 Å². The molecule has 4 N–H and O–H groups in total. The zero-order chi connectivity index (χ0) is 10.6. The summed E-state index contributed by atoms with van der Waals surface area (Å²) in [5.41, 5.74) is 5.88. The highest BCUT2D eigenvalue weighted by Gasteiger charge is 2.22. The number of Topliss-reactive ketones (excluding diaryl/α,β-unsaturated/α-hetero) is 1. The van der Waals surface area contributed by atoms with Crippen LogP contribution in [0.25, 0.3) is 0 Å². The summed E-state index contributed by atoms with van der Waals surface area (Å²) in [6.45, 7) is -0.514. The molecule has 14 heavy (non-hydrogen) atoms. The second kappa shape index (κ2) is 4.85. The molecule has 0 saturated heterocycles. The third-order valence-electron chi connectivity index (χ3n) is 1.96. The molecule has 0 amide bonds.